The van der Waals surface area contributed by atoms with Crippen LogP contribution in [0.15, 0.2) is 53.3 Å². The molecule has 1 heterocycles. The summed E-state index contributed by atoms with van der Waals surface area (Å²) in [7, 11) is 3.43. The Balaban J connectivity index is 1.61. The summed E-state index contributed by atoms with van der Waals surface area (Å²) >= 11 is 0. The second kappa shape index (κ2) is 8.69. The highest BCUT2D eigenvalue weighted by atomic mass is 16.5. The number of nitrogens with zero attached hydrogens (tertiary/aromatic N) is 2. The molecule has 0 aliphatic carbocycles. The van der Waals surface area contributed by atoms with Crippen molar-refractivity contribution in [3.8, 4) is 5.75 Å². The van der Waals surface area contributed by atoms with Crippen molar-refractivity contribution in [2.24, 2.45) is 0 Å². The zero-order valence-electron chi connectivity index (χ0n) is 16.4. The van der Waals surface area contributed by atoms with Gasteiger partial charge in [0.25, 0.3) is 5.56 Å². The van der Waals surface area contributed by atoms with E-state index in [1.54, 1.807) is 25.1 Å². The number of benzene rings is 2. The highest BCUT2D eigenvalue weighted by Crippen LogP contribution is 2.28. The standard InChI is InChI=1S/C22H25N3O3/c1-15(16-9-5-7-12-19(16)28-3)25(2)21(26)14-8-13-20-23-18-11-6-4-10-17(18)22(27)24-20/h4-7,9-12,15H,8,13-14H2,1-3H3,(H,23,24,27). The molecular formula is C22H25N3O3. The fourth-order valence-corrected chi connectivity index (χ4v) is 3.27. The molecule has 0 aliphatic rings. The summed E-state index contributed by atoms with van der Waals surface area (Å²) in [6.07, 6.45) is 1.54. The lowest BCUT2D eigenvalue weighted by Crippen LogP contribution is -2.29. The minimum absolute atomic E-state index is 0.0431. The van der Waals surface area contributed by atoms with Crippen LogP contribution < -0.4 is 10.3 Å². The van der Waals surface area contributed by atoms with Crippen LogP contribution >= 0.6 is 0 Å². The number of para-hydroxylation sites is 2. The van der Waals surface area contributed by atoms with E-state index in [1.165, 1.54) is 0 Å². The van der Waals surface area contributed by atoms with E-state index in [0.717, 1.165) is 11.3 Å². The number of ether oxygens (including phenoxy) is 1. The van der Waals surface area contributed by atoms with Crippen molar-refractivity contribution in [2.75, 3.05) is 14.2 Å². The molecule has 28 heavy (non-hydrogen) atoms. The fraction of sp³-hybridized carbons (Fsp3) is 0.318. The molecule has 0 spiro atoms. The van der Waals surface area contributed by atoms with Crippen LogP contribution in [-0.4, -0.2) is 34.9 Å². The first-order chi connectivity index (χ1) is 13.5. The molecule has 0 aliphatic heterocycles. The molecule has 3 aromatic rings. The zero-order valence-corrected chi connectivity index (χ0v) is 16.4. The van der Waals surface area contributed by atoms with Gasteiger partial charge in [-0.15, -0.1) is 0 Å². The Morgan fingerprint density at radius 3 is 2.68 bits per heavy atom. The van der Waals surface area contributed by atoms with Gasteiger partial charge in [0, 0.05) is 25.5 Å². The highest BCUT2D eigenvalue weighted by molar-refractivity contribution is 5.77. The van der Waals surface area contributed by atoms with Crippen molar-refractivity contribution in [2.45, 2.75) is 32.2 Å². The average Bonchev–Trinajstić information content (AvgIpc) is 2.72. The van der Waals surface area contributed by atoms with E-state index in [4.69, 9.17) is 4.74 Å². The van der Waals surface area contributed by atoms with Crippen molar-refractivity contribution in [1.29, 1.82) is 0 Å². The Morgan fingerprint density at radius 2 is 1.89 bits per heavy atom. The van der Waals surface area contributed by atoms with Gasteiger partial charge in [-0.05, 0) is 31.5 Å². The predicted octanol–water partition coefficient (Wildman–Crippen LogP) is 3.47. The minimum atomic E-state index is -0.145. The Hall–Kier alpha value is -3.15. The van der Waals surface area contributed by atoms with Gasteiger partial charge in [0.15, 0.2) is 0 Å². The summed E-state index contributed by atoms with van der Waals surface area (Å²) in [4.78, 5) is 33.8. The molecule has 3 rings (SSSR count). The van der Waals surface area contributed by atoms with Gasteiger partial charge in [-0.1, -0.05) is 30.3 Å². The van der Waals surface area contributed by atoms with Crippen molar-refractivity contribution in [3.63, 3.8) is 0 Å². The second-order valence-corrected chi connectivity index (χ2v) is 6.81. The van der Waals surface area contributed by atoms with E-state index in [9.17, 15) is 9.59 Å². The van der Waals surface area contributed by atoms with E-state index < -0.39 is 0 Å². The summed E-state index contributed by atoms with van der Waals surface area (Å²) in [6.45, 7) is 1.98. The number of aromatic amines is 1. The number of rotatable bonds is 7. The van der Waals surface area contributed by atoms with Crippen LogP contribution in [0.5, 0.6) is 5.75 Å². The third-order valence-electron chi connectivity index (χ3n) is 5.03. The lowest BCUT2D eigenvalue weighted by molar-refractivity contribution is -0.131. The molecule has 0 radical (unpaired) electrons. The van der Waals surface area contributed by atoms with Gasteiger partial charge in [-0.2, -0.15) is 0 Å². The number of aryl methyl sites for hydroxylation is 1. The van der Waals surface area contributed by atoms with Gasteiger partial charge < -0.3 is 14.6 Å². The van der Waals surface area contributed by atoms with Crippen molar-refractivity contribution < 1.29 is 9.53 Å². The molecule has 0 fully saturated rings. The van der Waals surface area contributed by atoms with E-state index in [-0.39, 0.29) is 17.5 Å². The van der Waals surface area contributed by atoms with Crippen molar-refractivity contribution in [3.05, 3.63) is 70.3 Å². The molecular weight excluding hydrogens is 354 g/mol. The van der Waals surface area contributed by atoms with Gasteiger partial charge in [0.1, 0.15) is 11.6 Å². The largest absolute Gasteiger partial charge is 0.496 e. The normalized spacial score (nSPS) is 12.0. The summed E-state index contributed by atoms with van der Waals surface area (Å²) in [6, 6.07) is 14.9. The summed E-state index contributed by atoms with van der Waals surface area (Å²) in [5.74, 6) is 1.42. The number of hydrogen-bond donors (Lipinski definition) is 1. The quantitative estimate of drug-likeness (QED) is 0.682. The second-order valence-electron chi connectivity index (χ2n) is 6.81. The Labute approximate surface area is 164 Å². The smallest absolute Gasteiger partial charge is 0.258 e. The number of amides is 1. The molecule has 0 saturated heterocycles. The summed E-state index contributed by atoms with van der Waals surface area (Å²) in [5.41, 5.74) is 1.50. The van der Waals surface area contributed by atoms with Crippen LogP contribution in [0.1, 0.15) is 37.2 Å². The molecule has 6 heteroatoms. The maximum atomic E-state index is 12.6. The molecule has 1 atom stereocenters. The molecule has 1 unspecified atom stereocenters. The SMILES string of the molecule is COc1ccccc1C(C)N(C)C(=O)CCCc1nc2ccccc2c(=O)[nH]1. The van der Waals surface area contributed by atoms with Crippen LogP contribution in [0.2, 0.25) is 0 Å². The first-order valence-corrected chi connectivity index (χ1v) is 9.37. The van der Waals surface area contributed by atoms with Crippen molar-refractivity contribution >= 4 is 16.8 Å². The number of carbonyl (C=O) groups is 1. The maximum absolute atomic E-state index is 12.6. The Kier molecular flexibility index (Phi) is 6.09. The third kappa shape index (κ3) is 4.22. The number of H-pyrrole nitrogens is 1. The first kappa shape index (κ1) is 19.6. The number of carbonyl (C=O) groups excluding carboxylic acids is 1. The van der Waals surface area contributed by atoms with Crippen LogP contribution in [-0.2, 0) is 11.2 Å². The van der Waals surface area contributed by atoms with Gasteiger partial charge in [-0.3, -0.25) is 9.59 Å². The lowest BCUT2D eigenvalue weighted by Gasteiger charge is -2.26. The molecule has 0 saturated carbocycles. The minimum Gasteiger partial charge on any atom is -0.496 e. The number of nitrogens with one attached hydrogen (secondary N) is 1. The molecule has 1 aromatic heterocycles. The molecule has 0 bridgehead atoms. The van der Waals surface area contributed by atoms with E-state index in [0.29, 0.717) is 36.0 Å². The first-order valence-electron chi connectivity index (χ1n) is 9.37. The van der Waals surface area contributed by atoms with Crippen LogP contribution in [0.25, 0.3) is 10.9 Å². The third-order valence-corrected chi connectivity index (χ3v) is 5.03. The molecule has 2 aromatic carbocycles. The number of aromatic nitrogens is 2. The molecule has 6 nitrogen and oxygen atoms in total. The monoisotopic (exact) mass is 379 g/mol. The van der Waals surface area contributed by atoms with Gasteiger partial charge in [-0.25, -0.2) is 4.98 Å². The Morgan fingerprint density at radius 1 is 1.18 bits per heavy atom. The number of fused-ring (bicyclic) bond motifs is 1. The molecule has 146 valence electrons. The molecule has 1 N–H and O–H groups in total. The van der Waals surface area contributed by atoms with E-state index >= 15 is 0 Å². The van der Waals surface area contributed by atoms with Crippen LogP contribution in [0.4, 0.5) is 0 Å². The highest BCUT2D eigenvalue weighted by Gasteiger charge is 2.20. The lowest BCUT2D eigenvalue weighted by atomic mass is 10.1. The van der Waals surface area contributed by atoms with Crippen LogP contribution in [0, 0.1) is 0 Å². The maximum Gasteiger partial charge on any atom is 0.258 e. The fourth-order valence-electron chi connectivity index (χ4n) is 3.27. The zero-order chi connectivity index (χ0) is 20.1. The molecule has 1 amide bonds. The van der Waals surface area contributed by atoms with Crippen LogP contribution in [0.3, 0.4) is 0 Å². The van der Waals surface area contributed by atoms with E-state index in [2.05, 4.69) is 9.97 Å². The van der Waals surface area contributed by atoms with E-state index in [1.807, 2.05) is 49.4 Å². The topological polar surface area (TPSA) is 75.3 Å². The average molecular weight is 379 g/mol. The summed E-state index contributed by atoms with van der Waals surface area (Å²) < 4.78 is 5.40. The summed E-state index contributed by atoms with van der Waals surface area (Å²) in [5, 5.41) is 0.577. The number of methoxy groups -OCH3 is 1. The van der Waals surface area contributed by atoms with Crippen molar-refractivity contribution in [1.82, 2.24) is 14.9 Å². The van der Waals surface area contributed by atoms with Gasteiger partial charge in [0.2, 0.25) is 5.91 Å². The van der Waals surface area contributed by atoms with Gasteiger partial charge in [0.05, 0.1) is 24.1 Å². The number of hydrogen-bond acceptors (Lipinski definition) is 4. The predicted molar refractivity (Wildman–Crippen MR) is 109 cm³/mol. The van der Waals surface area contributed by atoms with Gasteiger partial charge >= 0.3 is 0 Å². The Bertz CT molecular complexity index is 1030.